The van der Waals surface area contributed by atoms with Crippen molar-refractivity contribution in [3.8, 4) is 11.8 Å². The van der Waals surface area contributed by atoms with Crippen molar-refractivity contribution in [2.45, 2.75) is 80.4 Å². The molecule has 41 heavy (non-hydrogen) atoms. The monoisotopic (exact) mass is 561 g/mol. The molecule has 0 radical (unpaired) electrons. The number of amides is 1. The Labute approximate surface area is 246 Å². The molecule has 0 bridgehead atoms. The van der Waals surface area contributed by atoms with Gasteiger partial charge in [0.05, 0.1) is 23.1 Å². The molecule has 0 saturated carbocycles. The minimum Gasteiger partial charge on any atom is -0.490 e. The van der Waals surface area contributed by atoms with Crippen molar-refractivity contribution in [2.24, 2.45) is 10.9 Å². The van der Waals surface area contributed by atoms with Gasteiger partial charge in [0.25, 0.3) is 5.91 Å². The third kappa shape index (κ3) is 12.4. The van der Waals surface area contributed by atoms with E-state index in [-0.39, 0.29) is 36.4 Å². The van der Waals surface area contributed by atoms with Crippen molar-refractivity contribution in [3.63, 3.8) is 0 Å². The number of ketones is 1. The van der Waals surface area contributed by atoms with E-state index < -0.39 is 0 Å². The van der Waals surface area contributed by atoms with Gasteiger partial charge in [-0.25, -0.2) is 4.99 Å². The standard InChI is InChI=1S/C30H37N3O4.C2H6.C2H4/c1-7-27(32-21(6)29(35)19(2)3)23-10-8-22(9-11-23)16-26(14-15-34)33-30(36)24-12-13-28(37-20(4)5)25(17-24)18-31;2*1-2/h7-13,17,19-20,26,34H,14-16H2,1-6H3,(H,33,36);1-2H3;1-2H2/b27-7-,32-21?;;/t26-;;/m1../s1. The molecular formula is C34H47N3O4. The van der Waals surface area contributed by atoms with Crippen LogP contribution in [0.5, 0.6) is 5.75 Å². The number of carbonyl (C=O) groups excluding carboxylic acids is 2. The molecule has 0 aliphatic rings. The van der Waals surface area contributed by atoms with Crippen LogP contribution in [0.15, 0.2) is 66.7 Å². The molecule has 222 valence electrons. The fourth-order valence-corrected chi connectivity index (χ4v) is 3.81. The second-order valence-corrected chi connectivity index (χ2v) is 9.46. The number of allylic oxidation sites excluding steroid dienone is 1. The van der Waals surface area contributed by atoms with E-state index in [0.717, 1.165) is 16.8 Å². The summed E-state index contributed by atoms with van der Waals surface area (Å²) in [5.74, 6) is 0.0244. The molecule has 0 aromatic heterocycles. The Balaban J connectivity index is 0.00000382. The summed E-state index contributed by atoms with van der Waals surface area (Å²) >= 11 is 0. The lowest BCUT2D eigenvalue weighted by Gasteiger charge is -2.19. The summed E-state index contributed by atoms with van der Waals surface area (Å²) in [5, 5.41) is 22.0. The van der Waals surface area contributed by atoms with Gasteiger partial charge in [-0.05, 0) is 69.9 Å². The summed E-state index contributed by atoms with van der Waals surface area (Å²) in [6.45, 7) is 21.0. The number of aliphatic hydroxyl groups excluding tert-OH is 1. The van der Waals surface area contributed by atoms with Gasteiger partial charge in [-0.15, -0.1) is 13.2 Å². The van der Waals surface area contributed by atoms with E-state index in [9.17, 15) is 20.0 Å². The summed E-state index contributed by atoms with van der Waals surface area (Å²) in [6, 6.07) is 14.3. The SMILES string of the molecule is C/C=C(\N=C(C)C(=O)C(C)C)c1ccc(C[C@@H](CCO)NC(=O)c2ccc(OC(C)C)c(C#N)c2)cc1.C=C.CC. The van der Waals surface area contributed by atoms with E-state index in [2.05, 4.69) is 29.5 Å². The zero-order valence-electron chi connectivity index (χ0n) is 26.0. The van der Waals surface area contributed by atoms with Crippen molar-refractivity contribution in [3.05, 3.63) is 84.0 Å². The van der Waals surface area contributed by atoms with Gasteiger partial charge in [0, 0.05) is 24.1 Å². The van der Waals surface area contributed by atoms with Crippen molar-refractivity contribution >= 4 is 23.1 Å². The fraction of sp³-hybridized carbons (Fsp3) is 0.412. The molecule has 7 nitrogen and oxygen atoms in total. The third-order valence-corrected chi connectivity index (χ3v) is 5.71. The maximum atomic E-state index is 12.9. The summed E-state index contributed by atoms with van der Waals surface area (Å²) in [4.78, 5) is 29.7. The molecule has 7 heteroatoms. The lowest BCUT2D eigenvalue weighted by molar-refractivity contribution is -0.115. The van der Waals surface area contributed by atoms with E-state index in [1.54, 1.807) is 19.1 Å². The van der Waals surface area contributed by atoms with Gasteiger partial charge in [-0.1, -0.05) is 58.0 Å². The first-order valence-corrected chi connectivity index (χ1v) is 14.1. The van der Waals surface area contributed by atoms with Crippen LogP contribution in [0.3, 0.4) is 0 Å². The third-order valence-electron chi connectivity index (χ3n) is 5.71. The highest BCUT2D eigenvalue weighted by atomic mass is 16.5. The maximum absolute atomic E-state index is 12.9. The second kappa shape index (κ2) is 19.9. The van der Waals surface area contributed by atoms with E-state index in [4.69, 9.17) is 4.74 Å². The predicted molar refractivity (Wildman–Crippen MR) is 169 cm³/mol. The number of hydrogen-bond acceptors (Lipinski definition) is 6. The van der Waals surface area contributed by atoms with Crippen molar-refractivity contribution in [2.75, 3.05) is 6.61 Å². The Bertz CT molecular complexity index is 1210. The van der Waals surface area contributed by atoms with Crippen LogP contribution in [0, 0.1) is 17.2 Å². The number of nitriles is 1. The molecular weight excluding hydrogens is 514 g/mol. The predicted octanol–water partition coefficient (Wildman–Crippen LogP) is 6.94. The number of aliphatic hydroxyl groups is 1. The lowest BCUT2D eigenvalue weighted by atomic mass is 10.0. The largest absolute Gasteiger partial charge is 0.490 e. The van der Waals surface area contributed by atoms with E-state index >= 15 is 0 Å². The Morgan fingerprint density at radius 3 is 2.15 bits per heavy atom. The van der Waals surface area contributed by atoms with Crippen LogP contribution in [-0.2, 0) is 11.2 Å². The van der Waals surface area contributed by atoms with Crippen molar-refractivity contribution in [1.29, 1.82) is 5.26 Å². The van der Waals surface area contributed by atoms with Gasteiger partial charge in [-0.3, -0.25) is 9.59 Å². The number of rotatable bonds is 12. The average molecular weight is 562 g/mol. The molecule has 2 N–H and O–H groups in total. The van der Waals surface area contributed by atoms with E-state index in [1.165, 1.54) is 6.07 Å². The Kier molecular flexibility index (Phi) is 18.0. The number of ether oxygens (including phenoxy) is 1. The number of nitrogens with zero attached hydrogens (tertiary/aromatic N) is 2. The summed E-state index contributed by atoms with van der Waals surface area (Å²) in [6.07, 6.45) is 2.68. The quantitative estimate of drug-likeness (QED) is 0.215. The maximum Gasteiger partial charge on any atom is 0.251 e. The van der Waals surface area contributed by atoms with Crippen molar-refractivity contribution < 1.29 is 19.4 Å². The van der Waals surface area contributed by atoms with E-state index in [0.29, 0.717) is 35.4 Å². The first kappa shape index (κ1) is 37.0. The van der Waals surface area contributed by atoms with E-state index in [1.807, 2.05) is 78.8 Å². The number of nitrogens with one attached hydrogen (secondary N) is 1. The average Bonchev–Trinajstić information content (AvgIpc) is 2.97. The number of Topliss-reactive ketones (excluding diaryl/α,β-unsaturated/α-hetero) is 1. The molecule has 1 amide bonds. The van der Waals surface area contributed by atoms with Crippen LogP contribution in [0.1, 0.15) is 88.9 Å². The molecule has 0 aliphatic heterocycles. The fourth-order valence-electron chi connectivity index (χ4n) is 3.81. The molecule has 0 unspecified atom stereocenters. The summed E-state index contributed by atoms with van der Waals surface area (Å²) < 4.78 is 5.63. The number of aliphatic imine (C=N–C) groups is 1. The van der Waals surface area contributed by atoms with Gasteiger partial charge in [0.1, 0.15) is 11.8 Å². The van der Waals surface area contributed by atoms with Crippen LogP contribution >= 0.6 is 0 Å². The smallest absolute Gasteiger partial charge is 0.251 e. The van der Waals surface area contributed by atoms with Gasteiger partial charge in [0.15, 0.2) is 5.78 Å². The molecule has 0 spiro atoms. The number of carbonyl (C=O) groups is 2. The Morgan fingerprint density at radius 1 is 1.07 bits per heavy atom. The van der Waals surface area contributed by atoms with Gasteiger partial charge >= 0.3 is 0 Å². The minimum absolute atomic E-state index is 0.0162. The zero-order valence-corrected chi connectivity index (χ0v) is 26.0. The van der Waals surface area contributed by atoms with Crippen LogP contribution in [-0.4, -0.2) is 41.3 Å². The van der Waals surface area contributed by atoms with Gasteiger partial charge in [0.2, 0.25) is 0 Å². The zero-order chi connectivity index (χ0) is 31.5. The molecule has 0 fully saturated rings. The van der Waals surface area contributed by atoms with Crippen LogP contribution in [0.25, 0.3) is 5.70 Å². The Morgan fingerprint density at radius 2 is 1.66 bits per heavy atom. The van der Waals surface area contributed by atoms with Gasteiger partial charge in [-0.2, -0.15) is 5.26 Å². The molecule has 2 aromatic rings. The highest BCUT2D eigenvalue weighted by Gasteiger charge is 2.17. The van der Waals surface area contributed by atoms with Crippen LogP contribution in [0.4, 0.5) is 0 Å². The summed E-state index contributed by atoms with van der Waals surface area (Å²) in [7, 11) is 0. The molecule has 0 saturated heterocycles. The molecule has 0 aliphatic carbocycles. The minimum atomic E-state index is -0.321. The molecule has 2 aromatic carbocycles. The van der Waals surface area contributed by atoms with Crippen LogP contribution < -0.4 is 10.1 Å². The first-order chi connectivity index (χ1) is 19.6. The number of benzene rings is 2. The highest BCUT2D eigenvalue weighted by molar-refractivity contribution is 6.40. The molecule has 1 atom stereocenters. The topological polar surface area (TPSA) is 112 Å². The normalized spacial score (nSPS) is 11.9. The Hall–Kier alpha value is -4.02. The molecule has 2 rings (SSSR count). The second-order valence-electron chi connectivity index (χ2n) is 9.46. The number of hydrogen-bond donors (Lipinski definition) is 2. The summed E-state index contributed by atoms with van der Waals surface area (Å²) in [5.41, 5.74) is 3.71. The van der Waals surface area contributed by atoms with Crippen LogP contribution in [0.2, 0.25) is 0 Å². The highest BCUT2D eigenvalue weighted by Crippen LogP contribution is 2.22. The molecule has 0 heterocycles. The van der Waals surface area contributed by atoms with Gasteiger partial charge < -0.3 is 15.2 Å². The van der Waals surface area contributed by atoms with Crippen molar-refractivity contribution in [1.82, 2.24) is 5.32 Å². The lowest BCUT2D eigenvalue weighted by Crippen LogP contribution is -2.37. The first-order valence-electron chi connectivity index (χ1n) is 14.1.